The molecule has 0 aromatic carbocycles. The van der Waals surface area contributed by atoms with Gasteiger partial charge in [-0.1, -0.05) is 26.2 Å². The van der Waals surface area contributed by atoms with E-state index in [0.717, 1.165) is 38.5 Å². The first kappa shape index (κ1) is 16.0. The molecule has 21 heavy (non-hydrogen) atoms. The SMILES string of the molecule is CCCCCCOC(=O)c1cc(S(N)(=O)=O)cn1C1CC1. The number of nitrogens with zero attached hydrogens (tertiary/aromatic N) is 1. The normalized spacial score (nSPS) is 15.1. The highest BCUT2D eigenvalue weighted by Gasteiger charge is 2.30. The van der Waals surface area contributed by atoms with Gasteiger partial charge in [0.05, 0.1) is 6.61 Å². The van der Waals surface area contributed by atoms with Crippen molar-refractivity contribution in [3.05, 3.63) is 18.0 Å². The minimum absolute atomic E-state index is 0.0349. The Morgan fingerprint density at radius 1 is 1.38 bits per heavy atom. The van der Waals surface area contributed by atoms with E-state index >= 15 is 0 Å². The van der Waals surface area contributed by atoms with E-state index in [1.807, 2.05) is 0 Å². The Balaban J connectivity index is 2.04. The number of ether oxygens (including phenoxy) is 1. The van der Waals surface area contributed by atoms with Crippen LogP contribution in [0, 0.1) is 0 Å². The molecule has 2 N–H and O–H groups in total. The standard InChI is InChI=1S/C14H22N2O4S/c1-2-3-4-5-8-20-14(17)13-9-12(21(15,18)19)10-16(13)11-6-7-11/h9-11H,2-8H2,1H3,(H2,15,18,19). The van der Waals surface area contributed by atoms with Gasteiger partial charge in [0.15, 0.2) is 0 Å². The van der Waals surface area contributed by atoms with E-state index in [1.165, 1.54) is 12.3 Å². The fraction of sp³-hybridized carbons (Fsp3) is 0.643. The zero-order valence-electron chi connectivity index (χ0n) is 12.2. The van der Waals surface area contributed by atoms with Gasteiger partial charge >= 0.3 is 5.97 Å². The molecule has 0 aliphatic heterocycles. The number of carbonyl (C=O) groups excluding carboxylic acids is 1. The largest absolute Gasteiger partial charge is 0.461 e. The summed E-state index contributed by atoms with van der Waals surface area (Å²) in [6.07, 6.45) is 7.40. The fourth-order valence-electron chi connectivity index (χ4n) is 2.20. The van der Waals surface area contributed by atoms with E-state index in [0.29, 0.717) is 6.61 Å². The maximum atomic E-state index is 12.1. The predicted molar refractivity (Wildman–Crippen MR) is 78.5 cm³/mol. The first-order valence-electron chi connectivity index (χ1n) is 7.35. The molecule has 6 nitrogen and oxygen atoms in total. The molecule has 0 unspecified atom stereocenters. The van der Waals surface area contributed by atoms with Gasteiger partial charge in [-0.15, -0.1) is 0 Å². The predicted octanol–water partition coefficient (Wildman–Crippen LogP) is 2.21. The maximum Gasteiger partial charge on any atom is 0.354 e. The number of hydrogen-bond acceptors (Lipinski definition) is 4. The van der Waals surface area contributed by atoms with Crippen LogP contribution in [0.2, 0.25) is 0 Å². The molecule has 1 heterocycles. The lowest BCUT2D eigenvalue weighted by atomic mass is 10.2. The van der Waals surface area contributed by atoms with Crippen molar-refractivity contribution in [1.29, 1.82) is 0 Å². The molecule has 1 aliphatic rings. The maximum absolute atomic E-state index is 12.1. The van der Waals surface area contributed by atoms with Crippen molar-refractivity contribution in [2.24, 2.45) is 5.14 Å². The second kappa shape index (κ2) is 6.62. The molecule has 1 aromatic heterocycles. The van der Waals surface area contributed by atoms with Crippen LogP contribution >= 0.6 is 0 Å². The smallest absolute Gasteiger partial charge is 0.354 e. The van der Waals surface area contributed by atoms with Crippen LogP contribution in [0.3, 0.4) is 0 Å². The summed E-state index contributed by atoms with van der Waals surface area (Å²) >= 11 is 0. The summed E-state index contributed by atoms with van der Waals surface area (Å²) in [6, 6.07) is 1.49. The Morgan fingerprint density at radius 2 is 2.10 bits per heavy atom. The summed E-state index contributed by atoms with van der Waals surface area (Å²) in [5.41, 5.74) is 0.275. The average Bonchev–Trinajstić information content (AvgIpc) is 3.15. The lowest BCUT2D eigenvalue weighted by Crippen LogP contribution is -2.12. The summed E-state index contributed by atoms with van der Waals surface area (Å²) in [5, 5.41) is 5.12. The van der Waals surface area contributed by atoms with Crippen LogP contribution in [0.5, 0.6) is 0 Å². The molecule has 0 radical (unpaired) electrons. The van der Waals surface area contributed by atoms with Gasteiger partial charge in [0.25, 0.3) is 0 Å². The number of hydrogen-bond donors (Lipinski definition) is 1. The minimum atomic E-state index is -3.80. The molecule has 0 atom stereocenters. The first-order chi connectivity index (χ1) is 9.93. The van der Waals surface area contributed by atoms with Crippen LogP contribution in [0.4, 0.5) is 0 Å². The van der Waals surface area contributed by atoms with Gasteiger partial charge in [0.1, 0.15) is 10.6 Å². The van der Waals surface area contributed by atoms with Crippen LogP contribution in [-0.4, -0.2) is 25.6 Å². The Bertz CT molecular complexity index is 602. The molecule has 1 aromatic rings. The highest BCUT2D eigenvalue weighted by molar-refractivity contribution is 7.89. The molecule has 0 saturated heterocycles. The molecule has 0 bridgehead atoms. The van der Waals surface area contributed by atoms with Crippen molar-refractivity contribution in [2.45, 2.75) is 56.4 Å². The number of aromatic nitrogens is 1. The van der Waals surface area contributed by atoms with Gasteiger partial charge in [-0.25, -0.2) is 18.4 Å². The first-order valence-corrected chi connectivity index (χ1v) is 8.90. The van der Waals surface area contributed by atoms with Crippen molar-refractivity contribution in [3.8, 4) is 0 Å². The van der Waals surface area contributed by atoms with Gasteiger partial charge in [-0.05, 0) is 25.3 Å². The lowest BCUT2D eigenvalue weighted by Gasteiger charge is -2.07. The van der Waals surface area contributed by atoms with Crippen molar-refractivity contribution in [3.63, 3.8) is 0 Å². The third-order valence-corrected chi connectivity index (χ3v) is 4.41. The van der Waals surface area contributed by atoms with Crippen molar-refractivity contribution in [2.75, 3.05) is 6.61 Å². The zero-order valence-corrected chi connectivity index (χ0v) is 13.1. The van der Waals surface area contributed by atoms with Gasteiger partial charge < -0.3 is 9.30 Å². The van der Waals surface area contributed by atoms with Crippen molar-refractivity contribution >= 4 is 16.0 Å². The number of primary sulfonamides is 1. The quantitative estimate of drug-likeness (QED) is 0.588. The molecule has 0 spiro atoms. The molecule has 1 aliphatic carbocycles. The second-order valence-corrected chi connectivity index (χ2v) is 7.00. The summed E-state index contributed by atoms with van der Waals surface area (Å²) in [4.78, 5) is 12.1. The minimum Gasteiger partial charge on any atom is -0.461 e. The molecule has 7 heteroatoms. The summed E-state index contributed by atoms with van der Waals surface area (Å²) in [7, 11) is -3.80. The Hall–Kier alpha value is -1.34. The average molecular weight is 314 g/mol. The topological polar surface area (TPSA) is 91.4 Å². The lowest BCUT2D eigenvalue weighted by molar-refractivity contribution is 0.0485. The molecular formula is C14H22N2O4S. The van der Waals surface area contributed by atoms with Gasteiger partial charge in [0.2, 0.25) is 10.0 Å². The van der Waals surface area contributed by atoms with E-state index in [1.54, 1.807) is 4.57 Å². The molecule has 1 fully saturated rings. The molecule has 0 amide bonds. The van der Waals surface area contributed by atoms with Gasteiger partial charge in [-0.3, -0.25) is 0 Å². The summed E-state index contributed by atoms with van der Waals surface area (Å²) in [6.45, 7) is 2.47. The Labute approximate surface area is 125 Å². The highest BCUT2D eigenvalue weighted by atomic mass is 32.2. The number of carbonyl (C=O) groups is 1. The van der Waals surface area contributed by atoms with E-state index in [-0.39, 0.29) is 16.6 Å². The third kappa shape index (κ3) is 4.31. The Kier molecular flexibility index (Phi) is 5.05. The van der Waals surface area contributed by atoms with Crippen molar-refractivity contribution in [1.82, 2.24) is 4.57 Å². The highest BCUT2D eigenvalue weighted by Crippen LogP contribution is 2.37. The van der Waals surface area contributed by atoms with E-state index in [4.69, 9.17) is 9.88 Å². The van der Waals surface area contributed by atoms with Gasteiger partial charge in [-0.2, -0.15) is 0 Å². The molecule has 2 rings (SSSR count). The Morgan fingerprint density at radius 3 is 2.67 bits per heavy atom. The van der Waals surface area contributed by atoms with E-state index < -0.39 is 16.0 Å². The van der Waals surface area contributed by atoms with E-state index in [9.17, 15) is 13.2 Å². The van der Waals surface area contributed by atoms with Crippen LogP contribution in [0.15, 0.2) is 17.2 Å². The number of sulfonamides is 1. The number of unbranched alkanes of at least 4 members (excludes halogenated alkanes) is 3. The van der Waals surface area contributed by atoms with Crippen LogP contribution < -0.4 is 5.14 Å². The van der Waals surface area contributed by atoms with Crippen LogP contribution in [-0.2, 0) is 14.8 Å². The number of rotatable bonds is 8. The zero-order chi connectivity index (χ0) is 15.5. The fourth-order valence-corrected chi connectivity index (χ4v) is 2.73. The van der Waals surface area contributed by atoms with E-state index in [2.05, 4.69) is 6.92 Å². The molecular weight excluding hydrogens is 292 g/mol. The van der Waals surface area contributed by atoms with Gasteiger partial charge in [0, 0.05) is 12.2 Å². The number of nitrogens with two attached hydrogens (primary N) is 1. The molecule has 118 valence electrons. The van der Waals surface area contributed by atoms with Crippen molar-refractivity contribution < 1.29 is 17.9 Å². The van der Waals surface area contributed by atoms with Crippen LogP contribution in [0.1, 0.15) is 62.0 Å². The second-order valence-electron chi connectivity index (χ2n) is 5.44. The number of esters is 1. The summed E-state index contributed by atoms with van der Waals surface area (Å²) in [5.74, 6) is -0.478. The molecule has 1 saturated carbocycles. The summed E-state index contributed by atoms with van der Waals surface area (Å²) < 4.78 is 29.7. The van der Waals surface area contributed by atoms with Crippen LogP contribution in [0.25, 0.3) is 0 Å². The monoisotopic (exact) mass is 314 g/mol. The third-order valence-electron chi connectivity index (χ3n) is 3.53.